The maximum atomic E-state index is 11.1. The Morgan fingerprint density at radius 3 is 2.84 bits per heavy atom. The van der Waals surface area contributed by atoms with Crippen LogP contribution in [-0.2, 0) is 6.54 Å². The second-order valence-corrected chi connectivity index (χ2v) is 5.08. The molecule has 0 aliphatic rings. The predicted octanol–water partition coefficient (Wildman–Crippen LogP) is 3.18. The molecule has 98 valence electrons. The van der Waals surface area contributed by atoms with Crippen molar-refractivity contribution in [2.75, 3.05) is 11.9 Å². The number of nitrogens with zero attached hydrogens (tertiary/aromatic N) is 2. The van der Waals surface area contributed by atoms with Gasteiger partial charge in [0.1, 0.15) is 0 Å². The van der Waals surface area contributed by atoms with E-state index >= 15 is 0 Å². The van der Waals surface area contributed by atoms with Gasteiger partial charge in [0.05, 0.1) is 5.69 Å². The number of hydrogen-bond donors (Lipinski definition) is 1. The van der Waals surface area contributed by atoms with Crippen molar-refractivity contribution in [3.8, 4) is 0 Å². The fourth-order valence-electron chi connectivity index (χ4n) is 1.86. The molecule has 0 unspecified atom stereocenters. The van der Waals surface area contributed by atoms with Crippen molar-refractivity contribution in [1.29, 1.82) is 0 Å². The molecule has 1 N–H and O–H groups in total. The van der Waals surface area contributed by atoms with E-state index in [4.69, 9.17) is 5.11 Å². The predicted molar refractivity (Wildman–Crippen MR) is 77.4 cm³/mol. The quantitative estimate of drug-likeness (QED) is 0.940. The minimum atomic E-state index is -1.02. The molecule has 1 heterocycles. The fourth-order valence-corrected chi connectivity index (χ4v) is 2.31. The van der Waals surface area contributed by atoms with Gasteiger partial charge in [-0.05, 0) is 29.8 Å². The van der Waals surface area contributed by atoms with Crippen molar-refractivity contribution >= 4 is 27.6 Å². The van der Waals surface area contributed by atoms with Crippen molar-refractivity contribution in [3.63, 3.8) is 0 Å². The van der Waals surface area contributed by atoms with Crippen LogP contribution in [0.4, 0.5) is 5.69 Å². The van der Waals surface area contributed by atoms with Gasteiger partial charge in [0.15, 0.2) is 5.69 Å². The van der Waals surface area contributed by atoms with Crippen molar-refractivity contribution in [2.24, 2.45) is 0 Å². The first-order valence-corrected chi connectivity index (χ1v) is 6.51. The third-order valence-corrected chi connectivity index (χ3v) is 3.20. The summed E-state index contributed by atoms with van der Waals surface area (Å²) in [6.07, 6.45) is 1.49. The van der Waals surface area contributed by atoms with Gasteiger partial charge in [-0.1, -0.05) is 28.1 Å². The topological polar surface area (TPSA) is 53.4 Å². The van der Waals surface area contributed by atoms with E-state index in [9.17, 15) is 4.79 Å². The number of aromatic carboxylic acids is 1. The highest BCUT2D eigenvalue weighted by molar-refractivity contribution is 9.10. The molecule has 2 aromatic rings. The summed E-state index contributed by atoms with van der Waals surface area (Å²) in [5.41, 5.74) is 1.77. The van der Waals surface area contributed by atoms with Crippen molar-refractivity contribution < 1.29 is 9.90 Å². The van der Waals surface area contributed by atoms with Crippen LogP contribution in [0.15, 0.2) is 47.1 Å². The maximum absolute atomic E-state index is 11.1. The van der Waals surface area contributed by atoms with E-state index in [0.717, 1.165) is 10.0 Å². The third kappa shape index (κ3) is 3.32. The van der Waals surface area contributed by atoms with Crippen LogP contribution in [0.1, 0.15) is 16.1 Å². The molecule has 0 atom stereocenters. The monoisotopic (exact) mass is 320 g/mol. The van der Waals surface area contributed by atoms with E-state index in [1.807, 2.05) is 36.2 Å². The summed E-state index contributed by atoms with van der Waals surface area (Å²) in [5.74, 6) is -1.02. The first kappa shape index (κ1) is 13.5. The third-order valence-electron chi connectivity index (χ3n) is 2.71. The van der Waals surface area contributed by atoms with E-state index < -0.39 is 5.97 Å². The summed E-state index contributed by atoms with van der Waals surface area (Å²) >= 11 is 3.42. The van der Waals surface area contributed by atoms with Crippen molar-refractivity contribution in [1.82, 2.24) is 4.98 Å². The Morgan fingerprint density at radius 1 is 1.37 bits per heavy atom. The number of aromatic nitrogens is 1. The van der Waals surface area contributed by atoms with E-state index in [-0.39, 0.29) is 5.69 Å². The minimum absolute atomic E-state index is 0.0694. The molecule has 5 heteroatoms. The van der Waals surface area contributed by atoms with Gasteiger partial charge in [0, 0.05) is 24.3 Å². The number of carboxylic acids is 1. The second kappa shape index (κ2) is 5.84. The Labute approximate surface area is 119 Å². The molecular formula is C14H13BrN2O2. The van der Waals surface area contributed by atoms with Gasteiger partial charge < -0.3 is 10.0 Å². The minimum Gasteiger partial charge on any atom is -0.476 e. The molecule has 19 heavy (non-hydrogen) atoms. The molecule has 1 aromatic carbocycles. The molecule has 0 saturated heterocycles. The Kier molecular flexibility index (Phi) is 4.16. The van der Waals surface area contributed by atoms with Crippen LogP contribution in [-0.4, -0.2) is 23.1 Å². The maximum Gasteiger partial charge on any atom is 0.356 e. The lowest BCUT2D eigenvalue weighted by atomic mass is 10.2. The number of carbonyl (C=O) groups is 1. The molecule has 2 rings (SSSR count). The normalized spacial score (nSPS) is 10.2. The summed E-state index contributed by atoms with van der Waals surface area (Å²) < 4.78 is 1.00. The molecule has 0 saturated carbocycles. The number of carboxylic acid groups (broad SMARTS) is 1. The van der Waals surface area contributed by atoms with Crippen LogP contribution in [0.2, 0.25) is 0 Å². The SMILES string of the molecule is CN(Cc1cccc(Br)c1)c1cccnc1C(=O)O. The number of rotatable bonds is 4. The summed E-state index contributed by atoms with van der Waals surface area (Å²) in [7, 11) is 1.85. The van der Waals surface area contributed by atoms with Gasteiger partial charge in [-0.2, -0.15) is 0 Å². The van der Waals surface area contributed by atoms with Crippen molar-refractivity contribution in [2.45, 2.75) is 6.54 Å². The molecular weight excluding hydrogens is 308 g/mol. The van der Waals surface area contributed by atoms with E-state index in [1.54, 1.807) is 12.1 Å². The molecule has 0 amide bonds. The largest absolute Gasteiger partial charge is 0.476 e. The van der Waals surface area contributed by atoms with Crippen LogP contribution in [0.25, 0.3) is 0 Å². The molecule has 0 bridgehead atoms. The molecule has 0 spiro atoms. The van der Waals surface area contributed by atoms with Gasteiger partial charge >= 0.3 is 5.97 Å². The van der Waals surface area contributed by atoms with Crippen LogP contribution < -0.4 is 4.90 Å². The lowest BCUT2D eigenvalue weighted by Gasteiger charge is -2.20. The van der Waals surface area contributed by atoms with E-state index in [1.165, 1.54) is 6.20 Å². The standard InChI is InChI=1S/C14H13BrN2O2/c1-17(9-10-4-2-5-11(15)8-10)12-6-3-7-16-13(12)14(18)19/h2-8H,9H2,1H3,(H,18,19). The Hall–Kier alpha value is -1.88. The van der Waals surface area contributed by atoms with Gasteiger partial charge in [0.2, 0.25) is 0 Å². The lowest BCUT2D eigenvalue weighted by molar-refractivity contribution is 0.0691. The average Bonchev–Trinajstić information content (AvgIpc) is 2.38. The molecule has 0 fully saturated rings. The van der Waals surface area contributed by atoms with Crippen LogP contribution in [0.3, 0.4) is 0 Å². The van der Waals surface area contributed by atoms with Crippen LogP contribution >= 0.6 is 15.9 Å². The summed E-state index contributed by atoms with van der Waals surface area (Å²) in [6, 6.07) is 11.4. The number of anilines is 1. The van der Waals surface area contributed by atoms with Crippen LogP contribution in [0, 0.1) is 0 Å². The zero-order valence-electron chi connectivity index (χ0n) is 10.4. The van der Waals surface area contributed by atoms with E-state index in [0.29, 0.717) is 12.2 Å². The average molecular weight is 321 g/mol. The number of pyridine rings is 1. The first-order valence-electron chi connectivity index (χ1n) is 5.72. The Balaban J connectivity index is 2.25. The highest BCUT2D eigenvalue weighted by Crippen LogP contribution is 2.20. The summed E-state index contributed by atoms with van der Waals surface area (Å²) in [4.78, 5) is 16.9. The number of halogens is 1. The number of benzene rings is 1. The van der Waals surface area contributed by atoms with Gasteiger partial charge in [0.25, 0.3) is 0 Å². The zero-order valence-corrected chi connectivity index (χ0v) is 12.0. The first-order chi connectivity index (χ1) is 9.08. The fraction of sp³-hybridized carbons (Fsp3) is 0.143. The van der Waals surface area contributed by atoms with Gasteiger partial charge in [-0.15, -0.1) is 0 Å². The molecule has 0 radical (unpaired) electrons. The summed E-state index contributed by atoms with van der Waals surface area (Å²) in [5, 5.41) is 9.13. The summed E-state index contributed by atoms with van der Waals surface area (Å²) in [6.45, 7) is 0.616. The highest BCUT2D eigenvalue weighted by Gasteiger charge is 2.14. The molecule has 0 aliphatic heterocycles. The molecule has 1 aromatic heterocycles. The van der Waals surface area contributed by atoms with Gasteiger partial charge in [-0.25, -0.2) is 9.78 Å². The Morgan fingerprint density at radius 2 is 2.16 bits per heavy atom. The van der Waals surface area contributed by atoms with Crippen molar-refractivity contribution in [3.05, 3.63) is 58.3 Å². The zero-order chi connectivity index (χ0) is 13.8. The van der Waals surface area contributed by atoms with E-state index in [2.05, 4.69) is 20.9 Å². The lowest BCUT2D eigenvalue weighted by Crippen LogP contribution is -2.20. The molecule has 0 aliphatic carbocycles. The second-order valence-electron chi connectivity index (χ2n) is 4.16. The van der Waals surface area contributed by atoms with Crippen LogP contribution in [0.5, 0.6) is 0 Å². The molecule has 4 nitrogen and oxygen atoms in total. The highest BCUT2D eigenvalue weighted by atomic mass is 79.9. The number of hydrogen-bond acceptors (Lipinski definition) is 3. The Bertz CT molecular complexity index is 602. The smallest absolute Gasteiger partial charge is 0.356 e. The van der Waals surface area contributed by atoms with Gasteiger partial charge in [-0.3, -0.25) is 0 Å².